The minimum Gasteiger partial charge on any atom is -0.373 e. The lowest BCUT2D eigenvalue weighted by atomic mass is 9.88. The highest BCUT2D eigenvalue weighted by Gasteiger charge is 2.48. The fraction of sp³-hybridized carbons (Fsp3) is 0.652. The van der Waals surface area contributed by atoms with Crippen LogP contribution in [0.15, 0.2) is 12.1 Å². The van der Waals surface area contributed by atoms with E-state index < -0.39 is 24.2 Å². The van der Waals surface area contributed by atoms with Crippen molar-refractivity contribution in [1.29, 1.82) is 0 Å². The monoisotopic (exact) mass is 470 g/mol. The van der Waals surface area contributed by atoms with Crippen LogP contribution in [0.25, 0.3) is 0 Å². The van der Waals surface area contributed by atoms with Gasteiger partial charge in [0.1, 0.15) is 17.9 Å². The molecule has 4 rings (SSSR count). The van der Waals surface area contributed by atoms with Gasteiger partial charge in [0.25, 0.3) is 0 Å². The van der Waals surface area contributed by atoms with E-state index >= 15 is 0 Å². The summed E-state index contributed by atoms with van der Waals surface area (Å²) in [5, 5.41) is 6.16. The van der Waals surface area contributed by atoms with Gasteiger partial charge in [-0.05, 0) is 44.2 Å². The van der Waals surface area contributed by atoms with Crippen LogP contribution in [0.2, 0.25) is 0 Å². The highest BCUT2D eigenvalue weighted by atomic mass is 19.4. The summed E-state index contributed by atoms with van der Waals surface area (Å²) < 4.78 is 54.8. The molecule has 4 atom stereocenters. The van der Waals surface area contributed by atoms with E-state index in [1.807, 2.05) is 11.8 Å². The van der Waals surface area contributed by atoms with Gasteiger partial charge in [-0.3, -0.25) is 14.5 Å². The Hall–Kier alpha value is -2.36. The Labute approximate surface area is 190 Å². The van der Waals surface area contributed by atoms with Crippen LogP contribution in [0, 0.1) is 12.7 Å². The number of carbonyl (C=O) groups excluding carboxylic acids is 2. The average Bonchev–Trinajstić information content (AvgIpc) is 3.23. The van der Waals surface area contributed by atoms with Gasteiger partial charge in [0.2, 0.25) is 11.8 Å². The molecule has 1 aromatic carbocycles. The molecule has 2 unspecified atom stereocenters. The zero-order valence-corrected chi connectivity index (χ0v) is 18.8. The lowest BCUT2D eigenvalue weighted by Gasteiger charge is -2.46. The number of fused-ring (bicyclic) bond motifs is 1. The minimum atomic E-state index is -4.48. The molecule has 2 heterocycles. The molecule has 2 aliphatic heterocycles. The first-order chi connectivity index (χ1) is 15.5. The minimum absolute atomic E-state index is 0.0439. The van der Waals surface area contributed by atoms with Crippen molar-refractivity contribution in [1.82, 2.24) is 15.1 Å². The smallest absolute Gasteiger partial charge is 0.373 e. The molecule has 0 aromatic heterocycles. The van der Waals surface area contributed by atoms with Gasteiger partial charge in [-0.1, -0.05) is 6.07 Å². The van der Waals surface area contributed by atoms with Gasteiger partial charge in [-0.15, -0.1) is 0 Å². The molecule has 2 fully saturated rings. The number of anilines is 1. The zero-order chi connectivity index (χ0) is 23.9. The van der Waals surface area contributed by atoms with Crippen molar-refractivity contribution in [3.63, 3.8) is 0 Å². The van der Waals surface area contributed by atoms with E-state index in [9.17, 15) is 27.2 Å². The summed E-state index contributed by atoms with van der Waals surface area (Å²) in [4.78, 5) is 27.3. The number of aryl methyl sites for hydroxylation is 1. The van der Waals surface area contributed by atoms with Crippen molar-refractivity contribution in [2.75, 3.05) is 25.0 Å². The highest BCUT2D eigenvalue weighted by Crippen LogP contribution is 2.33. The third kappa shape index (κ3) is 4.95. The molecule has 0 bridgehead atoms. The van der Waals surface area contributed by atoms with Gasteiger partial charge >= 0.3 is 6.18 Å². The molecular formula is C23H30F4N4O2. The van der Waals surface area contributed by atoms with E-state index in [0.29, 0.717) is 24.2 Å². The predicted octanol–water partition coefficient (Wildman–Crippen LogP) is 2.99. The molecule has 10 heteroatoms. The standard InChI is InChI=1S/C23H30F4N4O2/c1-13-6-7-18(24)17-11-19(29-21(13)17)22(33)28-15-4-3-5-16(10-15)30-8-9-31(14(2)32)20(12-30)23(25,26)27/h6-7,15-16,19-20,29H,3-5,8-12H2,1-2H3,(H,28,33)/t15-,16?,19?,20+/m1/s1. The van der Waals surface area contributed by atoms with Crippen LogP contribution >= 0.6 is 0 Å². The van der Waals surface area contributed by atoms with E-state index in [2.05, 4.69) is 10.6 Å². The predicted molar refractivity (Wildman–Crippen MR) is 115 cm³/mol. The summed E-state index contributed by atoms with van der Waals surface area (Å²) in [6.45, 7) is 3.21. The Morgan fingerprint density at radius 2 is 1.94 bits per heavy atom. The fourth-order valence-corrected chi connectivity index (χ4v) is 5.45. The number of piperazine rings is 1. The van der Waals surface area contributed by atoms with Crippen LogP contribution in [-0.2, 0) is 16.0 Å². The van der Waals surface area contributed by atoms with Gasteiger partial charge in [0.15, 0.2) is 0 Å². The molecule has 0 spiro atoms. The number of nitrogens with one attached hydrogen (secondary N) is 2. The Morgan fingerprint density at radius 1 is 1.18 bits per heavy atom. The lowest BCUT2D eigenvalue weighted by molar-refractivity contribution is -0.202. The summed E-state index contributed by atoms with van der Waals surface area (Å²) in [5.41, 5.74) is 2.06. The molecule has 3 aliphatic rings. The SMILES string of the molecule is CC(=O)N1CCN(C2CCC[C@@H](NC(=O)C3Cc4c(F)ccc(C)c4N3)C2)C[C@H]1C(F)(F)F. The van der Waals surface area contributed by atoms with Gasteiger partial charge in [-0.25, -0.2) is 4.39 Å². The molecule has 2 amide bonds. The second kappa shape index (κ2) is 9.12. The lowest BCUT2D eigenvalue weighted by Crippen LogP contribution is -2.62. The Balaban J connectivity index is 1.36. The van der Waals surface area contributed by atoms with Crippen LogP contribution in [0.1, 0.15) is 43.7 Å². The van der Waals surface area contributed by atoms with Gasteiger partial charge in [0.05, 0.1) is 0 Å². The van der Waals surface area contributed by atoms with E-state index in [1.54, 1.807) is 6.07 Å². The fourth-order valence-electron chi connectivity index (χ4n) is 5.45. The number of benzene rings is 1. The first-order valence-electron chi connectivity index (χ1n) is 11.5. The third-order valence-electron chi connectivity index (χ3n) is 7.21. The van der Waals surface area contributed by atoms with Crippen molar-refractivity contribution in [3.8, 4) is 0 Å². The summed E-state index contributed by atoms with van der Waals surface area (Å²) in [6.07, 6.45) is -1.34. The van der Waals surface area contributed by atoms with Crippen LogP contribution in [-0.4, -0.2) is 71.6 Å². The van der Waals surface area contributed by atoms with Crippen LogP contribution in [0.4, 0.5) is 23.2 Å². The quantitative estimate of drug-likeness (QED) is 0.667. The molecule has 1 saturated heterocycles. The first kappa shape index (κ1) is 23.8. The van der Waals surface area contributed by atoms with Crippen LogP contribution < -0.4 is 10.6 Å². The van der Waals surface area contributed by atoms with Crippen molar-refractivity contribution in [3.05, 3.63) is 29.1 Å². The molecule has 182 valence electrons. The topological polar surface area (TPSA) is 64.7 Å². The molecule has 6 nitrogen and oxygen atoms in total. The van der Waals surface area contributed by atoms with Crippen molar-refractivity contribution >= 4 is 17.5 Å². The second-order valence-electron chi connectivity index (χ2n) is 9.41. The number of carbonyl (C=O) groups is 2. The molecule has 1 aliphatic carbocycles. The van der Waals surface area contributed by atoms with Crippen LogP contribution in [0.5, 0.6) is 0 Å². The number of halogens is 4. The normalized spacial score (nSPS) is 28.2. The van der Waals surface area contributed by atoms with Crippen LogP contribution in [0.3, 0.4) is 0 Å². The largest absolute Gasteiger partial charge is 0.410 e. The first-order valence-corrected chi connectivity index (χ1v) is 11.5. The van der Waals surface area contributed by atoms with Crippen molar-refractivity contribution in [2.24, 2.45) is 0 Å². The van der Waals surface area contributed by atoms with Crippen molar-refractivity contribution < 1.29 is 27.2 Å². The Kier molecular flexibility index (Phi) is 6.57. The van der Waals surface area contributed by atoms with E-state index in [0.717, 1.165) is 29.7 Å². The van der Waals surface area contributed by atoms with E-state index in [-0.39, 0.29) is 43.3 Å². The molecule has 33 heavy (non-hydrogen) atoms. The zero-order valence-electron chi connectivity index (χ0n) is 18.8. The number of rotatable bonds is 3. The van der Waals surface area contributed by atoms with E-state index in [4.69, 9.17) is 0 Å². The van der Waals surface area contributed by atoms with Gasteiger partial charge in [0, 0.05) is 56.3 Å². The summed E-state index contributed by atoms with van der Waals surface area (Å²) in [6, 6.07) is 0.469. The third-order valence-corrected chi connectivity index (χ3v) is 7.21. The van der Waals surface area contributed by atoms with Gasteiger partial charge < -0.3 is 15.5 Å². The van der Waals surface area contributed by atoms with E-state index in [1.165, 1.54) is 13.0 Å². The maximum Gasteiger partial charge on any atom is 0.410 e. The summed E-state index contributed by atoms with van der Waals surface area (Å²) in [5.74, 6) is -1.12. The number of hydrogen-bond donors (Lipinski definition) is 2. The number of nitrogens with zero attached hydrogens (tertiary/aromatic N) is 2. The molecule has 0 radical (unpaired) electrons. The molecular weight excluding hydrogens is 440 g/mol. The maximum atomic E-state index is 14.1. The number of alkyl halides is 3. The molecule has 1 saturated carbocycles. The maximum absolute atomic E-state index is 14.1. The average molecular weight is 471 g/mol. The molecule has 2 N–H and O–H groups in total. The summed E-state index contributed by atoms with van der Waals surface area (Å²) in [7, 11) is 0. The summed E-state index contributed by atoms with van der Waals surface area (Å²) >= 11 is 0. The molecule has 1 aromatic rings. The van der Waals surface area contributed by atoms with Gasteiger partial charge in [-0.2, -0.15) is 13.2 Å². The Bertz CT molecular complexity index is 891. The Morgan fingerprint density at radius 3 is 2.61 bits per heavy atom. The number of hydrogen-bond acceptors (Lipinski definition) is 4. The number of amides is 2. The highest BCUT2D eigenvalue weighted by molar-refractivity contribution is 5.88. The second-order valence-corrected chi connectivity index (χ2v) is 9.41. The van der Waals surface area contributed by atoms with Crippen molar-refractivity contribution in [2.45, 2.75) is 76.3 Å².